The van der Waals surface area contributed by atoms with E-state index in [1.807, 2.05) is 0 Å². The summed E-state index contributed by atoms with van der Waals surface area (Å²) in [4.78, 5) is 0. The minimum absolute atomic E-state index is 0.202. The molecule has 94 valence electrons. The summed E-state index contributed by atoms with van der Waals surface area (Å²) in [6.07, 6.45) is 9.11. The van der Waals surface area contributed by atoms with Gasteiger partial charge >= 0.3 is 0 Å². The van der Waals surface area contributed by atoms with E-state index in [2.05, 4.69) is 0 Å². The molecule has 2 aliphatic heterocycles. The monoisotopic (exact) mass is 228 g/mol. The molecular weight excluding hydrogens is 204 g/mol. The normalized spacial score (nSPS) is 32.8. The molecule has 2 rings (SSSR count). The molecule has 2 saturated heterocycles. The fraction of sp³-hybridized carbons (Fsp3) is 1.00. The van der Waals surface area contributed by atoms with E-state index >= 15 is 0 Å². The second kappa shape index (κ2) is 6.58. The van der Waals surface area contributed by atoms with Gasteiger partial charge < -0.3 is 14.6 Å². The molecular formula is C13H24O3. The first-order chi connectivity index (χ1) is 7.84. The third-order valence-corrected chi connectivity index (χ3v) is 3.65. The second-order valence-corrected chi connectivity index (χ2v) is 5.09. The van der Waals surface area contributed by atoms with Crippen molar-refractivity contribution in [3.8, 4) is 0 Å². The maximum Gasteiger partial charge on any atom is 0.0599 e. The van der Waals surface area contributed by atoms with Crippen molar-refractivity contribution >= 4 is 0 Å². The topological polar surface area (TPSA) is 38.7 Å². The maximum atomic E-state index is 9.93. The summed E-state index contributed by atoms with van der Waals surface area (Å²) < 4.78 is 11.2. The number of hydrogen-bond donors (Lipinski definition) is 1. The van der Waals surface area contributed by atoms with Gasteiger partial charge in [-0.3, -0.25) is 0 Å². The van der Waals surface area contributed by atoms with E-state index in [-0.39, 0.29) is 6.10 Å². The van der Waals surface area contributed by atoms with Gasteiger partial charge in [-0.2, -0.15) is 0 Å². The van der Waals surface area contributed by atoms with Gasteiger partial charge in [0.05, 0.1) is 18.3 Å². The molecule has 3 nitrogen and oxygen atoms in total. The van der Waals surface area contributed by atoms with Crippen LogP contribution in [0.5, 0.6) is 0 Å². The highest BCUT2D eigenvalue weighted by Crippen LogP contribution is 2.21. The quantitative estimate of drug-likeness (QED) is 0.784. The predicted octanol–water partition coefficient (Wildman–Crippen LogP) is 2.27. The third kappa shape index (κ3) is 4.04. The standard InChI is InChI=1S/C13H24O3/c14-11(6-7-12-5-3-9-15-12)10-13-4-1-2-8-16-13/h11-14H,1-10H2. The molecule has 1 N–H and O–H groups in total. The Balaban J connectivity index is 1.57. The van der Waals surface area contributed by atoms with Crippen LogP contribution in [0.4, 0.5) is 0 Å². The van der Waals surface area contributed by atoms with Crippen LogP contribution in [0.15, 0.2) is 0 Å². The molecule has 0 aromatic heterocycles. The molecule has 0 saturated carbocycles. The van der Waals surface area contributed by atoms with Crippen LogP contribution in [-0.2, 0) is 9.47 Å². The average molecular weight is 228 g/mol. The van der Waals surface area contributed by atoms with E-state index in [9.17, 15) is 5.11 Å². The van der Waals surface area contributed by atoms with E-state index in [4.69, 9.17) is 9.47 Å². The lowest BCUT2D eigenvalue weighted by atomic mass is 9.99. The molecule has 0 bridgehead atoms. The molecule has 16 heavy (non-hydrogen) atoms. The molecule has 0 radical (unpaired) electrons. The molecule has 0 aromatic carbocycles. The van der Waals surface area contributed by atoms with E-state index in [0.717, 1.165) is 38.9 Å². The summed E-state index contributed by atoms with van der Waals surface area (Å²) in [6.45, 7) is 1.79. The number of aliphatic hydroxyl groups excluding tert-OH is 1. The lowest BCUT2D eigenvalue weighted by molar-refractivity contribution is -0.0194. The Morgan fingerprint density at radius 3 is 2.44 bits per heavy atom. The zero-order valence-corrected chi connectivity index (χ0v) is 10.1. The van der Waals surface area contributed by atoms with Crippen molar-refractivity contribution in [2.75, 3.05) is 13.2 Å². The largest absolute Gasteiger partial charge is 0.393 e. The minimum Gasteiger partial charge on any atom is -0.393 e. The molecule has 2 fully saturated rings. The first-order valence-electron chi connectivity index (χ1n) is 6.76. The Labute approximate surface area is 98.1 Å². The van der Waals surface area contributed by atoms with Gasteiger partial charge in [-0.1, -0.05) is 0 Å². The summed E-state index contributed by atoms with van der Waals surface area (Å²) in [5, 5.41) is 9.93. The van der Waals surface area contributed by atoms with Crippen LogP contribution < -0.4 is 0 Å². The summed E-state index contributed by atoms with van der Waals surface area (Å²) in [5.74, 6) is 0. The zero-order chi connectivity index (χ0) is 11.2. The van der Waals surface area contributed by atoms with Crippen LogP contribution >= 0.6 is 0 Å². The minimum atomic E-state index is -0.202. The summed E-state index contributed by atoms with van der Waals surface area (Å²) in [6, 6.07) is 0. The third-order valence-electron chi connectivity index (χ3n) is 3.65. The fourth-order valence-electron chi connectivity index (χ4n) is 2.66. The van der Waals surface area contributed by atoms with Crippen LogP contribution in [-0.4, -0.2) is 36.6 Å². The van der Waals surface area contributed by atoms with E-state index < -0.39 is 0 Å². The Hall–Kier alpha value is -0.120. The van der Waals surface area contributed by atoms with Crippen molar-refractivity contribution in [1.29, 1.82) is 0 Å². The SMILES string of the molecule is OC(CCC1CCCO1)CC1CCCCO1. The van der Waals surface area contributed by atoms with Gasteiger partial charge in [0.15, 0.2) is 0 Å². The van der Waals surface area contributed by atoms with Crippen LogP contribution in [0.2, 0.25) is 0 Å². The van der Waals surface area contributed by atoms with Crippen molar-refractivity contribution in [1.82, 2.24) is 0 Å². The molecule has 0 spiro atoms. The fourth-order valence-corrected chi connectivity index (χ4v) is 2.66. The molecule has 2 aliphatic rings. The highest BCUT2D eigenvalue weighted by atomic mass is 16.5. The van der Waals surface area contributed by atoms with Crippen molar-refractivity contribution in [2.45, 2.75) is 69.7 Å². The van der Waals surface area contributed by atoms with Gasteiger partial charge in [0.1, 0.15) is 0 Å². The van der Waals surface area contributed by atoms with Gasteiger partial charge in [0.25, 0.3) is 0 Å². The van der Waals surface area contributed by atoms with Crippen molar-refractivity contribution < 1.29 is 14.6 Å². The van der Waals surface area contributed by atoms with E-state index in [1.165, 1.54) is 25.7 Å². The average Bonchev–Trinajstić information content (AvgIpc) is 2.81. The predicted molar refractivity (Wildman–Crippen MR) is 62.4 cm³/mol. The Morgan fingerprint density at radius 1 is 1.00 bits per heavy atom. The molecule has 0 aliphatic carbocycles. The van der Waals surface area contributed by atoms with E-state index in [0.29, 0.717) is 12.2 Å². The number of hydrogen-bond acceptors (Lipinski definition) is 3. The summed E-state index contributed by atoms with van der Waals surface area (Å²) in [7, 11) is 0. The summed E-state index contributed by atoms with van der Waals surface area (Å²) in [5.41, 5.74) is 0. The van der Waals surface area contributed by atoms with Gasteiger partial charge in [-0.25, -0.2) is 0 Å². The smallest absolute Gasteiger partial charge is 0.0599 e. The highest BCUT2D eigenvalue weighted by molar-refractivity contribution is 4.72. The number of aliphatic hydroxyl groups is 1. The zero-order valence-electron chi connectivity index (χ0n) is 10.1. The Kier molecular flexibility index (Phi) is 5.07. The first-order valence-corrected chi connectivity index (χ1v) is 6.76. The van der Waals surface area contributed by atoms with Crippen molar-refractivity contribution in [3.63, 3.8) is 0 Å². The van der Waals surface area contributed by atoms with Gasteiger partial charge in [0, 0.05) is 13.2 Å². The highest BCUT2D eigenvalue weighted by Gasteiger charge is 2.20. The molecule has 0 amide bonds. The van der Waals surface area contributed by atoms with Gasteiger partial charge in [-0.05, 0) is 51.4 Å². The molecule has 3 heteroatoms. The first kappa shape index (κ1) is 12.3. The molecule has 3 atom stereocenters. The van der Waals surface area contributed by atoms with Crippen molar-refractivity contribution in [3.05, 3.63) is 0 Å². The van der Waals surface area contributed by atoms with Crippen LogP contribution in [0.25, 0.3) is 0 Å². The molecule has 2 heterocycles. The van der Waals surface area contributed by atoms with E-state index in [1.54, 1.807) is 0 Å². The van der Waals surface area contributed by atoms with Crippen LogP contribution in [0.1, 0.15) is 51.4 Å². The van der Waals surface area contributed by atoms with Crippen LogP contribution in [0, 0.1) is 0 Å². The lowest BCUT2D eigenvalue weighted by Gasteiger charge is -2.25. The maximum absolute atomic E-state index is 9.93. The molecule has 3 unspecified atom stereocenters. The number of ether oxygens (including phenoxy) is 2. The van der Waals surface area contributed by atoms with Crippen molar-refractivity contribution in [2.24, 2.45) is 0 Å². The van der Waals surface area contributed by atoms with Gasteiger partial charge in [0.2, 0.25) is 0 Å². The molecule has 0 aromatic rings. The Morgan fingerprint density at radius 2 is 1.75 bits per heavy atom. The lowest BCUT2D eigenvalue weighted by Crippen LogP contribution is -2.25. The van der Waals surface area contributed by atoms with Crippen LogP contribution in [0.3, 0.4) is 0 Å². The van der Waals surface area contributed by atoms with Gasteiger partial charge in [-0.15, -0.1) is 0 Å². The summed E-state index contributed by atoms with van der Waals surface area (Å²) >= 11 is 0. The number of rotatable bonds is 5. The second-order valence-electron chi connectivity index (χ2n) is 5.09. The Bertz CT molecular complexity index is 184.